The monoisotopic (exact) mass is 298 g/mol. The molecule has 1 aromatic heterocycles. The van der Waals surface area contributed by atoms with E-state index in [1.807, 2.05) is 24.3 Å². The van der Waals surface area contributed by atoms with Gasteiger partial charge in [-0.25, -0.2) is 9.97 Å². The summed E-state index contributed by atoms with van der Waals surface area (Å²) in [7, 11) is 0. The van der Waals surface area contributed by atoms with Crippen molar-refractivity contribution in [3.8, 4) is 0 Å². The lowest BCUT2D eigenvalue weighted by atomic mass is 10.2. The summed E-state index contributed by atoms with van der Waals surface area (Å²) in [6.07, 6.45) is 3.36. The Hall–Kier alpha value is -0.770. The van der Waals surface area contributed by atoms with Crippen LogP contribution in [0.3, 0.4) is 0 Å². The minimum absolute atomic E-state index is 0.529. The molecule has 5 heteroatoms. The molecule has 0 amide bonds. The summed E-state index contributed by atoms with van der Waals surface area (Å²) in [5, 5.41) is 2.13. The van der Waals surface area contributed by atoms with E-state index in [2.05, 4.69) is 16.9 Å². The summed E-state index contributed by atoms with van der Waals surface area (Å²) in [5.74, 6) is 0. The zero-order valence-corrected chi connectivity index (χ0v) is 12.2. The molecule has 0 fully saturated rings. The van der Waals surface area contributed by atoms with Crippen LogP contribution in [0.5, 0.6) is 0 Å². The second kappa shape index (κ2) is 6.41. The molecule has 0 radical (unpaired) electrons. The summed E-state index contributed by atoms with van der Waals surface area (Å²) in [6.45, 7) is 2.10. The first-order valence-electron chi connectivity index (χ1n) is 5.64. The van der Waals surface area contributed by atoms with Gasteiger partial charge in [0.25, 0.3) is 0 Å². The molecule has 0 spiro atoms. The normalized spacial score (nSPS) is 10.6. The smallest absolute Gasteiger partial charge is 0.136 e. The Morgan fingerprint density at radius 3 is 2.67 bits per heavy atom. The molecule has 1 aromatic carbocycles. The standard InChI is InChI=1S/C13H12Cl2N2S/c1-2-5-9-12(15)16-8-17-13(9)18-11-7-4-3-6-10(11)14/h3-4,6-8H,2,5H2,1H3. The van der Waals surface area contributed by atoms with Crippen LogP contribution in [0.15, 0.2) is 40.5 Å². The average Bonchev–Trinajstić information content (AvgIpc) is 2.36. The minimum Gasteiger partial charge on any atom is -0.229 e. The van der Waals surface area contributed by atoms with Gasteiger partial charge in [-0.05, 0) is 18.6 Å². The molecule has 0 unspecified atom stereocenters. The number of rotatable bonds is 4. The molecule has 0 aliphatic rings. The SMILES string of the molecule is CCCc1c(Cl)ncnc1Sc1ccccc1Cl. The fourth-order valence-corrected chi connectivity index (χ4v) is 3.03. The van der Waals surface area contributed by atoms with Gasteiger partial charge in [0, 0.05) is 10.5 Å². The first-order chi connectivity index (χ1) is 8.72. The highest BCUT2D eigenvalue weighted by Gasteiger charge is 2.11. The van der Waals surface area contributed by atoms with E-state index in [-0.39, 0.29) is 0 Å². The molecule has 0 N–H and O–H groups in total. The maximum absolute atomic E-state index is 6.15. The maximum Gasteiger partial charge on any atom is 0.136 e. The Morgan fingerprint density at radius 1 is 1.17 bits per heavy atom. The number of hydrogen-bond donors (Lipinski definition) is 0. The molecule has 0 saturated carbocycles. The average molecular weight is 299 g/mol. The summed E-state index contributed by atoms with van der Waals surface area (Å²) < 4.78 is 0. The van der Waals surface area contributed by atoms with E-state index in [0.717, 1.165) is 33.3 Å². The van der Waals surface area contributed by atoms with Gasteiger partial charge in [0.1, 0.15) is 16.5 Å². The zero-order chi connectivity index (χ0) is 13.0. The van der Waals surface area contributed by atoms with E-state index in [1.54, 1.807) is 0 Å². The van der Waals surface area contributed by atoms with Crippen molar-refractivity contribution >= 4 is 35.0 Å². The molecule has 1 heterocycles. The Labute approximate surface area is 121 Å². The van der Waals surface area contributed by atoms with Gasteiger partial charge in [0.05, 0.1) is 5.02 Å². The third-order valence-corrected chi connectivity index (χ3v) is 4.28. The number of nitrogens with zero attached hydrogens (tertiary/aromatic N) is 2. The van der Waals surface area contributed by atoms with Crippen LogP contribution in [0.1, 0.15) is 18.9 Å². The van der Waals surface area contributed by atoms with Gasteiger partial charge in [0.15, 0.2) is 0 Å². The molecule has 2 aromatic rings. The van der Waals surface area contributed by atoms with Crippen LogP contribution >= 0.6 is 35.0 Å². The summed E-state index contributed by atoms with van der Waals surface area (Å²) >= 11 is 13.8. The largest absolute Gasteiger partial charge is 0.229 e. The third-order valence-electron chi connectivity index (χ3n) is 2.40. The van der Waals surface area contributed by atoms with Crippen molar-refractivity contribution < 1.29 is 0 Å². The first kappa shape index (κ1) is 13.7. The van der Waals surface area contributed by atoms with Crippen LogP contribution in [0, 0.1) is 0 Å². The van der Waals surface area contributed by atoms with E-state index in [1.165, 1.54) is 18.1 Å². The highest BCUT2D eigenvalue weighted by Crippen LogP contribution is 2.35. The van der Waals surface area contributed by atoms with E-state index >= 15 is 0 Å². The van der Waals surface area contributed by atoms with Gasteiger partial charge in [-0.3, -0.25) is 0 Å². The Balaban J connectivity index is 2.34. The van der Waals surface area contributed by atoms with Crippen molar-refractivity contribution in [3.63, 3.8) is 0 Å². The number of aromatic nitrogens is 2. The Bertz CT molecular complexity index is 546. The summed E-state index contributed by atoms with van der Waals surface area (Å²) in [4.78, 5) is 9.31. The molecule has 0 aliphatic heterocycles. The number of benzene rings is 1. The molecule has 0 atom stereocenters. The fourth-order valence-electron chi connectivity index (χ4n) is 1.56. The Morgan fingerprint density at radius 2 is 1.94 bits per heavy atom. The summed E-state index contributed by atoms with van der Waals surface area (Å²) in [5.41, 5.74) is 0.992. The lowest BCUT2D eigenvalue weighted by Gasteiger charge is -2.09. The molecule has 0 aliphatic carbocycles. The number of hydrogen-bond acceptors (Lipinski definition) is 3. The van der Waals surface area contributed by atoms with Crippen LogP contribution < -0.4 is 0 Å². The molecule has 2 nitrogen and oxygen atoms in total. The van der Waals surface area contributed by atoms with Crippen molar-refractivity contribution in [2.75, 3.05) is 0 Å². The van der Waals surface area contributed by atoms with E-state index in [4.69, 9.17) is 23.2 Å². The zero-order valence-electron chi connectivity index (χ0n) is 9.86. The molecule has 94 valence electrons. The van der Waals surface area contributed by atoms with E-state index in [9.17, 15) is 0 Å². The quantitative estimate of drug-likeness (QED) is 0.752. The lowest BCUT2D eigenvalue weighted by molar-refractivity contribution is 0.856. The van der Waals surface area contributed by atoms with Crippen molar-refractivity contribution in [1.82, 2.24) is 9.97 Å². The highest BCUT2D eigenvalue weighted by atomic mass is 35.5. The molecule has 2 rings (SSSR count). The molecule has 0 bridgehead atoms. The summed E-state index contributed by atoms with van der Waals surface area (Å²) in [6, 6.07) is 7.70. The van der Waals surface area contributed by atoms with Gasteiger partial charge in [-0.15, -0.1) is 0 Å². The predicted octanol–water partition coefficient (Wildman–Crippen LogP) is 4.89. The second-order valence-electron chi connectivity index (χ2n) is 3.73. The van der Waals surface area contributed by atoms with Gasteiger partial charge < -0.3 is 0 Å². The molecular formula is C13H12Cl2N2S. The second-order valence-corrected chi connectivity index (χ2v) is 5.53. The number of halogens is 2. The maximum atomic E-state index is 6.15. The van der Waals surface area contributed by atoms with Crippen LogP contribution in [0.25, 0.3) is 0 Å². The van der Waals surface area contributed by atoms with Crippen LogP contribution in [-0.4, -0.2) is 9.97 Å². The van der Waals surface area contributed by atoms with Gasteiger partial charge in [-0.2, -0.15) is 0 Å². The van der Waals surface area contributed by atoms with Gasteiger partial charge >= 0.3 is 0 Å². The van der Waals surface area contributed by atoms with E-state index < -0.39 is 0 Å². The molecular weight excluding hydrogens is 287 g/mol. The topological polar surface area (TPSA) is 25.8 Å². The third kappa shape index (κ3) is 3.16. The van der Waals surface area contributed by atoms with Crippen molar-refractivity contribution in [2.24, 2.45) is 0 Å². The van der Waals surface area contributed by atoms with E-state index in [0.29, 0.717) is 5.15 Å². The molecule has 0 saturated heterocycles. The predicted molar refractivity (Wildman–Crippen MR) is 76.6 cm³/mol. The fraction of sp³-hybridized carbons (Fsp3) is 0.231. The lowest BCUT2D eigenvalue weighted by Crippen LogP contribution is -1.95. The van der Waals surface area contributed by atoms with Crippen molar-refractivity contribution in [2.45, 2.75) is 29.7 Å². The van der Waals surface area contributed by atoms with Gasteiger partial charge in [0.2, 0.25) is 0 Å². The highest BCUT2D eigenvalue weighted by molar-refractivity contribution is 7.99. The first-order valence-corrected chi connectivity index (χ1v) is 7.21. The van der Waals surface area contributed by atoms with Crippen molar-refractivity contribution in [1.29, 1.82) is 0 Å². The van der Waals surface area contributed by atoms with Crippen molar-refractivity contribution in [3.05, 3.63) is 46.3 Å². The van der Waals surface area contributed by atoms with Crippen LogP contribution in [0.4, 0.5) is 0 Å². The van der Waals surface area contributed by atoms with Crippen LogP contribution in [0.2, 0.25) is 10.2 Å². The van der Waals surface area contributed by atoms with Gasteiger partial charge in [-0.1, -0.05) is 60.4 Å². The minimum atomic E-state index is 0.529. The molecule has 18 heavy (non-hydrogen) atoms. The van der Waals surface area contributed by atoms with Crippen LogP contribution in [-0.2, 0) is 6.42 Å². The Kier molecular flexibility index (Phi) is 4.87.